The molecule has 0 saturated carbocycles. The maximum absolute atomic E-state index is 11.0. The lowest BCUT2D eigenvalue weighted by atomic mass is 10.1. The first kappa shape index (κ1) is 11.5. The van der Waals surface area contributed by atoms with Crippen LogP contribution in [0.5, 0.6) is 5.75 Å². The van der Waals surface area contributed by atoms with Crippen molar-refractivity contribution in [3.8, 4) is 5.75 Å². The summed E-state index contributed by atoms with van der Waals surface area (Å²) >= 11 is 0. The van der Waals surface area contributed by atoms with Crippen LogP contribution in [0.1, 0.15) is 30.1 Å². The minimum Gasteiger partial charge on any atom is -0.493 e. The zero-order valence-corrected chi connectivity index (χ0v) is 9.60. The van der Waals surface area contributed by atoms with Gasteiger partial charge in [-0.3, -0.25) is 0 Å². The number of ether oxygens (including phenoxy) is 1. The number of hydrogen-bond acceptors (Lipinski definition) is 3. The molecule has 1 aromatic carbocycles. The van der Waals surface area contributed by atoms with Crippen molar-refractivity contribution in [3.63, 3.8) is 0 Å². The van der Waals surface area contributed by atoms with Crippen LogP contribution in [0.2, 0.25) is 0 Å². The molecular formula is C13H14O4. The lowest BCUT2D eigenvalue weighted by Crippen LogP contribution is -2.00. The van der Waals surface area contributed by atoms with Gasteiger partial charge in [0.1, 0.15) is 11.3 Å². The highest BCUT2D eigenvalue weighted by molar-refractivity contribution is 5.95. The molecule has 0 amide bonds. The fourth-order valence-electron chi connectivity index (χ4n) is 1.61. The van der Waals surface area contributed by atoms with Crippen molar-refractivity contribution in [2.45, 2.75) is 19.8 Å². The molecule has 2 aromatic rings. The highest BCUT2D eigenvalue weighted by atomic mass is 16.5. The molecule has 4 nitrogen and oxygen atoms in total. The minimum absolute atomic E-state index is 0.180. The average Bonchev–Trinajstić information content (AvgIpc) is 2.77. The highest BCUT2D eigenvalue weighted by Gasteiger charge is 2.11. The molecule has 1 N–H and O–H groups in total. The lowest BCUT2D eigenvalue weighted by Gasteiger charge is -2.07. The highest BCUT2D eigenvalue weighted by Crippen LogP contribution is 2.28. The number of carboxylic acids is 1. The largest absolute Gasteiger partial charge is 0.493 e. The van der Waals surface area contributed by atoms with Gasteiger partial charge in [-0.1, -0.05) is 13.3 Å². The van der Waals surface area contributed by atoms with Gasteiger partial charge in [0, 0.05) is 0 Å². The number of benzene rings is 1. The third kappa shape index (κ3) is 2.41. The van der Waals surface area contributed by atoms with Crippen molar-refractivity contribution in [2.75, 3.05) is 6.61 Å². The monoisotopic (exact) mass is 234 g/mol. The molecule has 4 heteroatoms. The van der Waals surface area contributed by atoms with Gasteiger partial charge in [0.05, 0.1) is 23.8 Å². The summed E-state index contributed by atoms with van der Waals surface area (Å²) in [5.74, 6) is -0.411. The first-order valence-corrected chi connectivity index (χ1v) is 5.59. The van der Waals surface area contributed by atoms with Crippen LogP contribution in [0, 0.1) is 0 Å². The number of aromatic carboxylic acids is 1. The summed E-state index contributed by atoms with van der Waals surface area (Å²) < 4.78 is 10.8. The summed E-state index contributed by atoms with van der Waals surface area (Å²) in [5.41, 5.74) is 0.718. The quantitative estimate of drug-likeness (QED) is 0.806. The normalized spacial score (nSPS) is 10.6. The third-order valence-electron chi connectivity index (χ3n) is 2.54. The second-order valence-corrected chi connectivity index (χ2v) is 3.81. The Kier molecular flexibility index (Phi) is 3.32. The number of rotatable bonds is 5. The maximum Gasteiger partial charge on any atom is 0.335 e. The fraction of sp³-hybridized carbons (Fsp3) is 0.308. The van der Waals surface area contributed by atoms with Crippen LogP contribution in [-0.2, 0) is 0 Å². The Morgan fingerprint density at radius 2 is 2.29 bits per heavy atom. The van der Waals surface area contributed by atoms with Gasteiger partial charge in [-0.25, -0.2) is 4.79 Å². The van der Waals surface area contributed by atoms with Crippen LogP contribution in [0.25, 0.3) is 11.0 Å². The van der Waals surface area contributed by atoms with Gasteiger partial charge in [-0.05, 0) is 24.6 Å². The number of hydrogen-bond donors (Lipinski definition) is 1. The van der Waals surface area contributed by atoms with E-state index in [1.165, 1.54) is 18.4 Å². The number of carboxylic acid groups (broad SMARTS) is 1. The molecule has 0 atom stereocenters. The second-order valence-electron chi connectivity index (χ2n) is 3.81. The first-order chi connectivity index (χ1) is 8.22. The lowest BCUT2D eigenvalue weighted by molar-refractivity contribution is 0.0696. The van der Waals surface area contributed by atoms with Crippen LogP contribution < -0.4 is 4.74 Å². The predicted molar refractivity (Wildman–Crippen MR) is 63.6 cm³/mol. The molecule has 1 heterocycles. The van der Waals surface area contributed by atoms with E-state index in [4.69, 9.17) is 14.3 Å². The van der Waals surface area contributed by atoms with Gasteiger partial charge in [0.25, 0.3) is 0 Å². The van der Waals surface area contributed by atoms with Crippen molar-refractivity contribution >= 4 is 16.9 Å². The van der Waals surface area contributed by atoms with E-state index in [9.17, 15) is 4.79 Å². The van der Waals surface area contributed by atoms with E-state index in [2.05, 4.69) is 6.92 Å². The molecule has 0 aliphatic carbocycles. The smallest absolute Gasteiger partial charge is 0.335 e. The van der Waals surface area contributed by atoms with E-state index >= 15 is 0 Å². The molecule has 90 valence electrons. The van der Waals surface area contributed by atoms with E-state index in [1.807, 2.05) is 0 Å². The Bertz CT molecular complexity index is 527. The molecule has 0 aliphatic heterocycles. The van der Waals surface area contributed by atoms with Crippen molar-refractivity contribution < 1.29 is 19.1 Å². The van der Waals surface area contributed by atoms with Gasteiger partial charge in [0.2, 0.25) is 0 Å². The van der Waals surface area contributed by atoms with E-state index < -0.39 is 5.97 Å². The number of fused-ring (bicyclic) bond motifs is 1. The Morgan fingerprint density at radius 3 is 3.00 bits per heavy atom. The van der Waals surface area contributed by atoms with E-state index in [-0.39, 0.29) is 5.56 Å². The second kappa shape index (κ2) is 4.91. The summed E-state index contributed by atoms with van der Waals surface area (Å²) in [5, 5.41) is 9.79. The van der Waals surface area contributed by atoms with Crippen LogP contribution in [-0.4, -0.2) is 17.7 Å². The van der Waals surface area contributed by atoms with Crippen LogP contribution in [0.3, 0.4) is 0 Å². The van der Waals surface area contributed by atoms with Gasteiger partial charge in [-0.15, -0.1) is 0 Å². The minimum atomic E-state index is -0.983. The van der Waals surface area contributed by atoms with Gasteiger partial charge < -0.3 is 14.3 Å². The summed E-state index contributed by atoms with van der Waals surface area (Å²) in [4.78, 5) is 11.0. The van der Waals surface area contributed by atoms with Gasteiger partial charge >= 0.3 is 5.97 Å². The third-order valence-corrected chi connectivity index (χ3v) is 2.54. The van der Waals surface area contributed by atoms with Crippen LogP contribution in [0.15, 0.2) is 28.9 Å². The Morgan fingerprint density at radius 1 is 1.47 bits per heavy atom. The van der Waals surface area contributed by atoms with Crippen molar-refractivity contribution in [2.24, 2.45) is 0 Å². The number of unbranched alkanes of at least 4 members (excludes halogenated alkanes) is 1. The molecule has 17 heavy (non-hydrogen) atoms. The molecule has 0 fully saturated rings. The average molecular weight is 234 g/mol. The molecule has 0 unspecified atom stereocenters. The summed E-state index contributed by atoms with van der Waals surface area (Å²) in [7, 11) is 0. The summed E-state index contributed by atoms with van der Waals surface area (Å²) in [6, 6.07) is 4.82. The molecule has 1 aromatic heterocycles. The zero-order valence-electron chi connectivity index (χ0n) is 9.60. The predicted octanol–water partition coefficient (Wildman–Crippen LogP) is 3.31. The Hall–Kier alpha value is -1.97. The Balaban J connectivity index is 2.36. The van der Waals surface area contributed by atoms with Crippen molar-refractivity contribution in [1.82, 2.24) is 0 Å². The maximum atomic E-state index is 11.0. The Labute approximate surface area is 98.8 Å². The van der Waals surface area contributed by atoms with Gasteiger partial charge in [0.15, 0.2) is 0 Å². The van der Waals surface area contributed by atoms with E-state index in [1.54, 1.807) is 6.07 Å². The SMILES string of the molecule is CCCCOc1cc(C(=O)O)cc2occc12. The van der Waals surface area contributed by atoms with Crippen molar-refractivity contribution in [3.05, 3.63) is 30.0 Å². The van der Waals surface area contributed by atoms with Crippen LogP contribution >= 0.6 is 0 Å². The number of carbonyl (C=O) groups is 1. The molecule has 0 spiro atoms. The standard InChI is InChI=1S/C13H14O4/c1-2-3-5-16-11-7-9(13(14)15)8-12-10(11)4-6-17-12/h4,6-8H,2-3,5H2,1H3,(H,14,15). The molecule has 0 saturated heterocycles. The summed E-state index contributed by atoms with van der Waals surface area (Å²) in [6.45, 7) is 2.66. The zero-order chi connectivity index (χ0) is 12.3. The summed E-state index contributed by atoms with van der Waals surface area (Å²) in [6.07, 6.45) is 3.51. The first-order valence-electron chi connectivity index (χ1n) is 5.59. The van der Waals surface area contributed by atoms with E-state index in [0.29, 0.717) is 17.9 Å². The molecule has 0 bridgehead atoms. The fourth-order valence-corrected chi connectivity index (χ4v) is 1.61. The molecule has 0 radical (unpaired) electrons. The molecule has 2 rings (SSSR count). The molecular weight excluding hydrogens is 220 g/mol. The van der Waals surface area contributed by atoms with Crippen LogP contribution in [0.4, 0.5) is 0 Å². The van der Waals surface area contributed by atoms with Gasteiger partial charge in [-0.2, -0.15) is 0 Å². The van der Waals surface area contributed by atoms with E-state index in [0.717, 1.165) is 18.2 Å². The number of furan rings is 1. The van der Waals surface area contributed by atoms with Crippen molar-refractivity contribution in [1.29, 1.82) is 0 Å². The molecule has 0 aliphatic rings. The topological polar surface area (TPSA) is 59.7 Å².